The van der Waals surface area contributed by atoms with Gasteiger partial charge in [0.1, 0.15) is 21.5 Å². The van der Waals surface area contributed by atoms with Gasteiger partial charge in [-0.15, -0.1) is 11.3 Å². The average Bonchev–Trinajstić information content (AvgIpc) is 3.03. The molecule has 4 rings (SSSR count). The summed E-state index contributed by atoms with van der Waals surface area (Å²) in [6.07, 6.45) is 0. The van der Waals surface area contributed by atoms with Crippen LogP contribution in [0.2, 0.25) is 0 Å². The summed E-state index contributed by atoms with van der Waals surface area (Å²) in [6, 6.07) is 12.4. The third-order valence-corrected chi connectivity index (χ3v) is 5.65. The first-order chi connectivity index (χ1) is 12.6. The van der Waals surface area contributed by atoms with Crippen molar-refractivity contribution in [3.8, 4) is 10.4 Å². The van der Waals surface area contributed by atoms with Crippen LogP contribution in [0.25, 0.3) is 20.7 Å². The van der Waals surface area contributed by atoms with Gasteiger partial charge in [-0.2, -0.15) is 15.0 Å². The van der Waals surface area contributed by atoms with E-state index in [1.165, 1.54) is 17.3 Å². The van der Waals surface area contributed by atoms with E-state index in [0.29, 0.717) is 11.6 Å². The van der Waals surface area contributed by atoms with E-state index in [9.17, 15) is 0 Å². The molecule has 0 saturated carbocycles. The number of thioether (sulfide) groups is 1. The quantitative estimate of drug-likeness (QED) is 0.408. The summed E-state index contributed by atoms with van der Waals surface area (Å²) in [4.78, 5) is 23.3. The second kappa shape index (κ2) is 6.85. The summed E-state index contributed by atoms with van der Waals surface area (Å²) in [5.41, 5.74) is 12.4. The first kappa shape index (κ1) is 16.7. The van der Waals surface area contributed by atoms with Gasteiger partial charge in [0.15, 0.2) is 0 Å². The number of aryl methyl sites for hydroxylation is 1. The highest BCUT2D eigenvalue weighted by Crippen LogP contribution is 2.37. The number of nitrogen functional groups attached to an aromatic ring is 2. The SMILES string of the molecule is Cc1nc(SCc2nc(N)nc(N)n2)c2cc(-c3ccccc3)sc2n1. The van der Waals surface area contributed by atoms with Crippen molar-refractivity contribution in [1.82, 2.24) is 24.9 Å². The van der Waals surface area contributed by atoms with E-state index >= 15 is 0 Å². The van der Waals surface area contributed by atoms with Gasteiger partial charge in [-0.05, 0) is 18.6 Å². The lowest BCUT2D eigenvalue weighted by molar-refractivity contribution is 0.979. The van der Waals surface area contributed by atoms with Crippen molar-refractivity contribution >= 4 is 45.2 Å². The van der Waals surface area contributed by atoms with Crippen molar-refractivity contribution in [3.63, 3.8) is 0 Å². The van der Waals surface area contributed by atoms with Crippen LogP contribution in [0.1, 0.15) is 11.6 Å². The van der Waals surface area contributed by atoms with Gasteiger partial charge in [-0.1, -0.05) is 42.1 Å². The number of aromatic nitrogens is 5. The van der Waals surface area contributed by atoms with Crippen molar-refractivity contribution in [2.24, 2.45) is 0 Å². The molecule has 1 aromatic carbocycles. The van der Waals surface area contributed by atoms with Crippen LogP contribution < -0.4 is 11.5 Å². The Kier molecular flexibility index (Phi) is 4.39. The van der Waals surface area contributed by atoms with Crippen LogP contribution in [-0.2, 0) is 5.75 Å². The highest BCUT2D eigenvalue weighted by molar-refractivity contribution is 7.98. The first-order valence-corrected chi connectivity index (χ1v) is 9.61. The fourth-order valence-electron chi connectivity index (χ4n) is 2.51. The van der Waals surface area contributed by atoms with E-state index in [-0.39, 0.29) is 11.9 Å². The van der Waals surface area contributed by atoms with Gasteiger partial charge in [0, 0.05) is 10.3 Å². The lowest BCUT2D eigenvalue weighted by Crippen LogP contribution is -2.06. The molecule has 0 spiro atoms. The number of rotatable bonds is 4. The predicted octanol–water partition coefficient (Wildman–Crippen LogP) is 3.31. The Labute approximate surface area is 157 Å². The van der Waals surface area contributed by atoms with Gasteiger partial charge < -0.3 is 11.5 Å². The van der Waals surface area contributed by atoms with Gasteiger partial charge in [-0.3, -0.25) is 0 Å². The molecule has 26 heavy (non-hydrogen) atoms. The predicted molar refractivity (Wildman–Crippen MR) is 106 cm³/mol. The maximum absolute atomic E-state index is 5.64. The molecule has 7 nitrogen and oxygen atoms in total. The molecular weight excluding hydrogens is 366 g/mol. The molecule has 0 unspecified atom stereocenters. The monoisotopic (exact) mass is 381 g/mol. The summed E-state index contributed by atoms with van der Waals surface area (Å²) in [6.45, 7) is 1.89. The van der Waals surface area contributed by atoms with Crippen molar-refractivity contribution in [1.29, 1.82) is 0 Å². The van der Waals surface area contributed by atoms with Crippen LogP contribution in [0.3, 0.4) is 0 Å². The molecule has 0 saturated heterocycles. The van der Waals surface area contributed by atoms with E-state index in [4.69, 9.17) is 11.5 Å². The highest BCUT2D eigenvalue weighted by atomic mass is 32.2. The zero-order valence-corrected chi connectivity index (χ0v) is 15.5. The van der Waals surface area contributed by atoms with E-state index in [1.54, 1.807) is 11.3 Å². The van der Waals surface area contributed by atoms with Crippen LogP contribution in [0, 0.1) is 6.92 Å². The molecule has 9 heteroatoms. The maximum Gasteiger partial charge on any atom is 0.225 e. The smallest absolute Gasteiger partial charge is 0.225 e. The summed E-state index contributed by atoms with van der Waals surface area (Å²) in [5, 5.41) is 1.92. The number of benzene rings is 1. The van der Waals surface area contributed by atoms with E-state index in [2.05, 4.69) is 43.1 Å². The zero-order chi connectivity index (χ0) is 18.1. The van der Waals surface area contributed by atoms with Crippen molar-refractivity contribution in [2.45, 2.75) is 17.7 Å². The van der Waals surface area contributed by atoms with Crippen molar-refractivity contribution in [2.75, 3.05) is 11.5 Å². The lowest BCUT2D eigenvalue weighted by atomic mass is 10.2. The van der Waals surface area contributed by atoms with Crippen molar-refractivity contribution in [3.05, 3.63) is 48.0 Å². The average molecular weight is 381 g/mol. The largest absolute Gasteiger partial charge is 0.368 e. The molecular formula is C17H15N7S2. The van der Waals surface area contributed by atoms with Crippen LogP contribution in [-0.4, -0.2) is 24.9 Å². The molecule has 0 atom stereocenters. The van der Waals surface area contributed by atoms with Gasteiger partial charge in [0.2, 0.25) is 11.9 Å². The number of nitrogens with zero attached hydrogens (tertiary/aromatic N) is 5. The van der Waals surface area contributed by atoms with Crippen LogP contribution in [0.15, 0.2) is 41.4 Å². The first-order valence-electron chi connectivity index (χ1n) is 7.81. The number of fused-ring (bicyclic) bond motifs is 1. The third-order valence-electron chi connectivity index (χ3n) is 3.58. The maximum atomic E-state index is 5.64. The van der Waals surface area contributed by atoms with Crippen LogP contribution in [0.4, 0.5) is 11.9 Å². The summed E-state index contributed by atoms with van der Waals surface area (Å²) in [7, 11) is 0. The summed E-state index contributed by atoms with van der Waals surface area (Å²) >= 11 is 3.19. The molecule has 4 aromatic rings. The molecule has 0 bridgehead atoms. The highest BCUT2D eigenvalue weighted by Gasteiger charge is 2.13. The standard InChI is InChI=1S/C17H15N7S2/c1-9-20-14(25-8-13-22-16(18)24-17(19)23-13)11-7-12(26-15(11)21-9)10-5-3-2-4-6-10/h2-7H,8H2,1H3,(H4,18,19,22,23,24). The second-order valence-electron chi connectivity index (χ2n) is 5.53. The van der Waals surface area contributed by atoms with Gasteiger partial charge in [-0.25, -0.2) is 9.97 Å². The van der Waals surface area contributed by atoms with Crippen LogP contribution >= 0.6 is 23.1 Å². The Morgan fingerprint density at radius 2 is 1.69 bits per heavy atom. The Morgan fingerprint density at radius 3 is 2.42 bits per heavy atom. The number of hydrogen-bond donors (Lipinski definition) is 2. The van der Waals surface area contributed by atoms with Gasteiger partial charge >= 0.3 is 0 Å². The van der Waals surface area contributed by atoms with Gasteiger partial charge in [0.05, 0.1) is 5.75 Å². The van der Waals surface area contributed by atoms with Crippen LogP contribution in [0.5, 0.6) is 0 Å². The van der Waals surface area contributed by atoms with Gasteiger partial charge in [0.25, 0.3) is 0 Å². The van der Waals surface area contributed by atoms with E-state index in [0.717, 1.165) is 25.9 Å². The number of hydrogen-bond acceptors (Lipinski definition) is 9. The molecule has 3 aromatic heterocycles. The number of nitrogens with two attached hydrogens (primary N) is 2. The molecule has 0 aliphatic carbocycles. The molecule has 0 fully saturated rings. The Morgan fingerprint density at radius 1 is 0.962 bits per heavy atom. The molecule has 0 aliphatic heterocycles. The second-order valence-corrected chi connectivity index (χ2v) is 7.52. The molecule has 0 aliphatic rings. The molecule has 3 heterocycles. The normalized spacial score (nSPS) is 11.1. The summed E-state index contributed by atoms with van der Waals surface area (Å²) in [5.74, 6) is 2.01. The molecule has 130 valence electrons. The topological polar surface area (TPSA) is 116 Å². The minimum Gasteiger partial charge on any atom is -0.368 e. The fraction of sp³-hybridized carbons (Fsp3) is 0.118. The van der Waals surface area contributed by atoms with E-state index < -0.39 is 0 Å². The summed E-state index contributed by atoms with van der Waals surface area (Å²) < 4.78 is 0. The molecule has 0 radical (unpaired) electrons. The Bertz CT molecular complexity index is 1060. The Balaban J connectivity index is 1.69. The Hall–Kier alpha value is -2.78. The minimum atomic E-state index is 0.124. The minimum absolute atomic E-state index is 0.124. The zero-order valence-electron chi connectivity index (χ0n) is 13.9. The fourth-order valence-corrected chi connectivity index (χ4v) is 4.56. The number of anilines is 2. The third kappa shape index (κ3) is 3.44. The molecule has 0 amide bonds. The van der Waals surface area contributed by atoms with Crippen molar-refractivity contribution < 1.29 is 0 Å². The number of thiophene rings is 1. The van der Waals surface area contributed by atoms with E-state index in [1.807, 2.05) is 25.1 Å². The lowest BCUT2D eigenvalue weighted by Gasteiger charge is -2.04. The molecule has 4 N–H and O–H groups in total.